The molecule has 0 radical (unpaired) electrons. The molecule has 0 unspecified atom stereocenters. The van der Waals surface area contributed by atoms with Crippen LogP contribution in [0.2, 0.25) is 10.0 Å². The van der Waals surface area contributed by atoms with Gasteiger partial charge in [0.25, 0.3) is 11.8 Å². The first kappa shape index (κ1) is 20.2. The van der Waals surface area contributed by atoms with Crippen LogP contribution in [-0.2, 0) is 6.54 Å². The Morgan fingerprint density at radius 3 is 2.46 bits per heavy atom. The van der Waals surface area contributed by atoms with Crippen LogP contribution >= 0.6 is 40.2 Å². The highest BCUT2D eigenvalue weighted by Crippen LogP contribution is 2.17. The molecule has 1 aromatic carbocycles. The Kier molecular flexibility index (Phi) is 7.01. The third kappa shape index (κ3) is 4.59. The van der Waals surface area contributed by atoms with E-state index in [0.717, 1.165) is 0 Å². The summed E-state index contributed by atoms with van der Waals surface area (Å²) in [5.74, 6) is -1.00. The standard InChI is InChI=1S/C15H14Cl2N4O2.BrH/c1-20-15(23)9-2-8(3-10(16)4-9)6-21-7-11(17)5-12(13(21)18)14(19)22;/h2-5,7,18H,6H2,1H3,(H2,19,22)(H,20,23);1H. The number of carbonyl (C=O) groups is 2. The maximum absolute atomic E-state index is 11.7. The third-order valence-corrected chi connectivity index (χ3v) is 3.59. The summed E-state index contributed by atoms with van der Waals surface area (Å²) in [5.41, 5.74) is 6.29. The fourth-order valence-corrected chi connectivity index (χ4v) is 2.62. The quantitative estimate of drug-likeness (QED) is 0.689. The topological polar surface area (TPSA) is 101 Å². The number of hydrogen-bond acceptors (Lipinski definition) is 3. The molecule has 0 bridgehead atoms. The van der Waals surface area contributed by atoms with Crippen molar-refractivity contribution in [3.05, 3.63) is 62.7 Å². The molecule has 0 aliphatic heterocycles. The van der Waals surface area contributed by atoms with E-state index in [1.165, 1.54) is 23.9 Å². The van der Waals surface area contributed by atoms with Gasteiger partial charge in [0.05, 0.1) is 10.6 Å². The molecule has 1 heterocycles. The Hall–Kier alpha value is -1.83. The van der Waals surface area contributed by atoms with Gasteiger partial charge in [-0.1, -0.05) is 23.2 Å². The second-order valence-corrected chi connectivity index (χ2v) is 5.71. The van der Waals surface area contributed by atoms with Crippen LogP contribution in [0.3, 0.4) is 0 Å². The fraction of sp³-hybridized carbons (Fsp3) is 0.133. The molecule has 0 aliphatic carbocycles. The lowest BCUT2D eigenvalue weighted by molar-refractivity contribution is 0.0961. The van der Waals surface area contributed by atoms with Crippen LogP contribution in [0.1, 0.15) is 26.3 Å². The van der Waals surface area contributed by atoms with Crippen LogP contribution in [0, 0.1) is 5.41 Å². The zero-order valence-corrected chi connectivity index (χ0v) is 15.8. The number of nitrogens with one attached hydrogen (secondary N) is 2. The molecule has 4 N–H and O–H groups in total. The molecule has 128 valence electrons. The highest BCUT2D eigenvalue weighted by Gasteiger charge is 2.11. The van der Waals surface area contributed by atoms with Gasteiger partial charge in [-0.05, 0) is 29.8 Å². The first-order chi connectivity index (χ1) is 10.8. The van der Waals surface area contributed by atoms with E-state index >= 15 is 0 Å². The predicted octanol–water partition coefficient (Wildman–Crippen LogP) is 2.36. The van der Waals surface area contributed by atoms with Crippen molar-refractivity contribution in [2.24, 2.45) is 5.73 Å². The Labute approximate surface area is 158 Å². The predicted molar refractivity (Wildman–Crippen MR) is 98.1 cm³/mol. The SMILES string of the molecule is Br.CNC(=O)c1cc(Cl)cc(Cn2cc(Cl)cc(C(N)=O)c2=N)c1. The zero-order chi connectivity index (χ0) is 17.1. The lowest BCUT2D eigenvalue weighted by atomic mass is 10.1. The van der Waals surface area contributed by atoms with Gasteiger partial charge in [-0.15, -0.1) is 17.0 Å². The number of aromatic nitrogens is 1. The van der Waals surface area contributed by atoms with E-state index in [0.29, 0.717) is 16.1 Å². The lowest BCUT2D eigenvalue weighted by Gasteiger charge is -2.11. The summed E-state index contributed by atoms with van der Waals surface area (Å²) in [7, 11) is 1.52. The van der Waals surface area contributed by atoms with E-state index in [9.17, 15) is 9.59 Å². The molecule has 2 amide bonds. The Morgan fingerprint density at radius 2 is 1.88 bits per heavy atom. The summed E-state index contributed by atoms with van der Waals surface area (Å²) in [6, 6.07) is 6.22. The van der Waals surface area contributed by atoms with Crippen LogP contribution in [0.25, 0.3) is 0 Å². The van der Waals surface area contributed by atoms with E-state index in [-0.39, 0.29) is 45.5 Å². The number of carbonyl (C=O) groups excluding carboxylic acids is 2. The van der Waals surface area contributed by atoms with Gasteiger partial charge in [-0.2, -0.15) is 0 Å². The second-order valence-electron chi connectivity index (χ2n) is 4.84. The van der Waals surface area contributed by atoms with E-state index in [2.05, 4.69) is 5.32 Å². The first-order valence-corrected chi connectivity index (χ1v) is 7.33. The molecule has 2 rings (SSSR count). The van der Waals surface area contributed by atoms with Crippen LogP contribution < -0.4 is 16.5 Å². The van der Waals surface area contributed by atoms with Gasteiger partial charge >= 0.3 is 0 Å². The van der Waals surface area contributed by atoms with Gasteiger partial charge in [-0.25, -0.2) is 0 Å². The van der Waals surface area contributed by atoms with Gasteiger partial charge in [0.15, 0.2) is 0 Å². The van der Waals surface area contributed by atoms with Crippen molar-refractivity contribution in [1.82, 2.24) is 9.88 Å². The Morgan fingerprint density at radius 1 is 1.21 bits per heavy atom. The summed E-state index contributed by atoms with van der Waals surface area (Å²) in [6.45, 7) is 0.213. The molecule has 24 heavy (non-hydrogen) atoms. The van der Waals surface area contributed by atoms with Gasteiger partial charge < -0.3 is 15.6 Å². The van der Waals surface area contributed by atoms with E-state index in [1.807, 2.05) is 0 Å². The average Bonchev–Trinajstić information content (AvgIpc) is 2.48. The van der Waals surface area contributed by atoms with E-state index in [4.69, 9.17) is 34.3 Å². The van der Waals surface area contributed by atoms with Crippen molar-refractivity contribution in [2.45, 2.75) is 6.54 Å². The third-order valence-electron chi connectivity index (χ3n) is 3.17. The van der Waals surface area contributed by atoms with Crippen LogP contribution in [-0.4, -0.2) is 23.4 Å². The smallest absolute Gasteiger partial charge is 0.252 e. The number of halogens is 3. The van der Waals surface area contributed by atoms with Crippen molar-refractivity contribution in [3.8, 4) is 0 Å². The number of benzene rings is 1. The molecule has 0 saturated carbocycles. The molecule has 0 saturated heterocycles. The van der Waals surface area contributed by atoms with Gasteiger partial charge in [0, 0.05) is 30.4 Å². The monoisotopic (exact) mass is 432 g/mol. The molecule has 0 spiro atoms. The summed E-state index contributed by atoms with van der Waals surface area (Å²) in [5, 5.41) is 11.2. The van der Waals surface area contributed by atoms with Crippen LogP contribution in [0.4, 0.5) is 0 Å². The van der Waals surface area contributed by atoms with Crippen molar-refractivity contribution in [1.29, 1.82) is 5.41 Å². The Bertz CT molecular complexity index is 852. The summed E-state index contributed by atoms with van der Waals surface area (Å²) >= 11 is 12.0. The molecule has 2 aromatic rings. The van der Waals surface area contributed by atoms with Crippen LogP contribution in [0.5, 0.6) is 0 Å². The number of hydrogen-bond donors (Lipinski definition) is 3. The molecule has 1 aromatic heterocycles. The number of primary amides is 1. The van der Waals surface area contributed by atoms with E-state index in [1.54, 1.807) is 18.2 Å². The summed E-state index contributed by atoms with van der Waals surface area (Å²) < 4.78 is 1.46. The van der Waals surface area contributed by atoms with Crippen molar-refractivity contribution in [3.63, 3.8) is 0 Å². The maximum Gasteiger partial charge on any atom is 0.252 e. The van der Waals surface area contributed by atoms with Crippen LogP contribution in [0.15, 0.2) is 30.5 Å². The molecule has 0 atom stereocenters. The lowest BCUT2D eigenvalue weighted by Crippen LogP contribution is -2.29. The van der Waals surface area contributed by atoms with Gasteiger partial charge in [-0.3, -0.25) is 15.0 Å². The summed E-state index contributed by atoms with van der Waals surface area (Å²) in [4.78, 5) is 23.1. The number of pyridine rings is 1. The normalized spacial score (nSPS) is 9.96. The molecule has 0 fully saturated rings. The Balaban J connectivity index is 0.00000288. The minimum Gasteiger partial charge on any atom is -0.365 e. The number of rotatable bonds is 4. The number of amides is 2. The minimum absolute atomic E-state index is 0. The highest BCUT2D eigenvalue weighted by atomic mass is 79.9. The zero-order valence-electron chi connectivity index (χ0n) is 12.6. The van der Waals surface area contributed by atoms with Gasteiger partial charge in [0.1, 0.15) is 5.49 Å². The summed E-state index contributed by atoms with van der Waals surface area (Å²) in [6.07, 6.45) is 1.51. The molecular weight excluding hydrogens is 419 g/mol. The fourth-order valence-electron chi connectivity index (χ4n) is 2.14. The number of nitrogens with zero attached hydrogens (tertiary/aromatic N) is 1. The van der Waals surface area contributed by atoms with E-state index < -0.39 is 5.91 Å². The second kappa shape index (κ2) is 8.32. The molecule has 0 aliphatic rings. The molecule has 6 nitrogen and oxygen atoms in total. The van der Waals surface area contributed by atoms with Crippen molar-refractivity contribution < 1.29 is 9.59 Å². The average molecular weight is 434 g/mol. The first-order valence-electron chi connectivity index (χ1n) is 6.57. The van der Waals surface area contributed by atoms with Crippen molar-refractivity contribution >= 4 is 52.0 Å². The molecular formula is C15H15BrCl2N4O2. The highest BCUT2D eigenvalue weighted by molar-refractivity contribution is 8.93. The largest absolute Gasteiger partial charge is 0.365 e. The van der Waals surface area contributed by atoms with Gasteiger partial charge in [0.2, 0.25) is 0 Å². The number of nitrogens with two attached hydrogens (primary N) is 1. The maximum atomic E-state index is 11.7. The molecule has 9 heteroatoms. The van der Waals surface area contributed by atoms with Crippen molar-refractivity contribution in [2.75, 3.05) is 7.05 Å². The minimum atomic E-state index is -0.733.